The van der Waals surface area contributed by atoms with E-state index in [-0.39, 0.29) is 23.5 Å². The van der Waals surface area contributed by atoms with E-state index in [2.05, 4.69) is 34.0 Å². The summed E-state index contributed by atoms with van der Waals surface area (Å²) < 4.78 is 44.7. The fraction of sp³-hybridized carbons (Fsp3) is 0.655. The van der Waals surface area contributed by atoms with Crippen molar-refractivity contribution in [1.29, 1.82) is 0 Å². The molecule has 218 valence electrons. The number of hydrogen-bond donors (Lipinski definition) is 1. The fourth-order valence-electron chi connectivity index (χ4n) is 5.86. The van der Waals surface area contributed by atoms with Gasteiger partial charge in [-0.05, 0) is 57.7 Å². The highest BCUT2D eigenvalue weighted by Gasteiger charge is 2.41. The van der Waals surface area contributed by atoms with Gasteiger partial charge in [0, 0.05) is 69.7 Å². The molecule has 10 heteroatoms. The first-order valence-electron chi connectivity index (χ1n) is 13.8. The molecular formula is C29H44F3N5O2. The van der Waals surface area contributed by atoms with E-state index >= 15 is 0 Å². The third-order valence-electron chi connectivity index (χ3n) is 8.35. The van der Waals surface area contributed by atoms with E-state index in [9.17, 15) is 18.0 Å². The van der Waals surface area contributed by atoms with Gasteiger partial charge in [-0.2, -0.15) is 13.2 Å². The molecule has 39 heavy (non-hydrogen) atoms. The lowest BCUT2D eigenvalue weighted by Crippen LogP contribution is -2.62. The molecule has 2 atom stereocenters. The Balaban J connectivity index is 1.65. The van der Waals surface area contributed by atoms with Crippen molar-refractivity contribution in [3.05, 3.63) is 46.7 Å². The highest BCUT2D eigenvalue weighted by Crippen LogP contribution is 2.35. The SMILES string of the molecule is CC/C(C(=O)N1CCC(C)(N2CCN([C@@H](COC)c3ccc(C(F)(F)F)cc3)[C@@H](C)C2)CC1)=C(C)\N=C/NC. The van der Waals surface area contributed by atoms with Gasteiger partial charge < -0.3 is 15.0 Å². The van der Waals surface area contributed by atoms with Crippen molar-refractivity contribution < 1.29 is 22.7 Å². The lowest BCUT2D eigenvalue weighted by Gasteiger charge is -2.52. The zero-order chi connectivity index (χ0) is 28.8. The van der Waals surface area contributed by atoms with Crippen molar-refractivity contribution in [2.45, 2.75) is 70.8 Å². The van der Waals surface area contributed by atoms with E-state index in [0.717, 1.165) is 61.4 Å². The zero-order valence-electron chi connectivity index (χ0n) is 24.1. The van der Waals surface area contributed by atoms with E-state index in [4.69, 9.17) is 4.74 Å². The van der Waals surface area contributed by atoms with Gasteiger partial charge in [-0.15, -0.1) is 0 Å². The van der Waals surface area contributed by atoms with Gasteiger partial charge in [0.05, 0.1) is 24.6 Å². The van der Waals surface area contributed by atoms with Crippen LogP contribution < -0.4 is 5.32 Å². The molecule has 0 aromatic heterocycles. The molecule has 0 radical (unpaired) electrons. The number of carbonyl (C=O) groups excluding carboxylic acids is 1. The maximum Gasteiger partial charge on any atom is 0.416 e. The zero-order valence-corrected chi connectivity index (χ0v) is 24.1. The number of benzene rings is 1. The predicted molar refractivity (Wildman–Crippen MR) is 149 cm³/mol. The van der Waals surface area contributed by atoms with Crippen LogP contribution in [0.2, 0.25) is 0 Å². The van der Waals surface area contributed by atoms with E-state index in [1.807, 2.05) is 18.7 Å². The molecule has 7 nitrogen and oxygen atoms in total. The molecule has 2 aliphatic heterocycles. The van der Waals surface area contributed by atoms with Crippen molar-refractivity contribution >= 4 is 12.2 Å². The summed E-state index contributed by atoms with van der Waals surface area (Å²) in [5.74, 6) is 0.0717. The maximum atomic E-state index is 13.2. The number of rotatable bonds is 9. The maximum absolute atomic E-state index is 13.2. The van der Waals surface area contributed by atoms with E-state index in [0.29, 0.717) is 26.1 Å². The minimum atomic E-state index is -4.35. The van der Waals surface area contributed by atoms with Gasteiger partial charge in [0.2, 0.25) is 0 Å². The van der Waals surface area contributed by atoms with E-state index < -0.39 is 11.7 Å². The highest BCUT2D eigenvalue weighted by molar-refractivity contribution is 5.94. The summed E-state index contributed by atoms with van der Waals surface area (Å²) in [5.41, 5.74) is 1.67. The van der Waals surface area contributed by atoms with Crippen molar-refractivity contribution in [2.24, 2.45) is 4.99 Å². The molecule has 2 fully saturated rings. The molecule has 0 bridgehead atoms. The molecule has 1 aromatic carbocycles. The average Bonchev–Trinajstić information content (AvgIpc) is 2.91. The van der Waals surface area contributed by atoms with Crippen molar-refractivity contribution in [1.82, 2.24) is 20.0 Å². The molecule has 2 heterocycles. The number of hydrogen-bond acceptors (Lipinski definition) is 5. The van der Waals surface area contributed by atoms with Gasteiger partial charge in [-0.3, -0.25) is 14.6 Å². The quantitative estimate of drug-likeness (QED) is 0.274. The summed E-state index contributed by atoms with van der Waals surface area (Å²) in [5, 5.41) is 2.87. The van der Waals surface area contributed by atoms with Gasteiger partial charge in [0.15, 0.2) is 0 Å². The molecule has 1 N–H and O–H groups in total. The first-order chi connectivity index (χ1) is 18.4. The summed E-state index contributed by atoms with van der Waals surface area (Å²) in [6.07, 6.45) is -0.331. The van der Waals surface area contributed by atoms with Gasteiger partial charge in [0.25, 0.3) is 5.91 Å². The van der Waals surface area contributed by atoms with Crippen molar-refractivity contribution in [3.8, 4) is 0 Å². The monoisotopic (exact) mass is 551 g/mol. The molecule has 1 aromatic rings. The van der Waals surface area contributed by atoms with Crippen LogP contribution in [0.4, 0.5) is 13.2 Å². The summed E-state index contributed by atoms with van der Waals surface area (Å²) in [6, 6.07) is 5.54. The largest absolute Gasteiger partial charge is 0.416 e. The topological polar surface area (TPSA) is 60.4 Å². The predicted octanol–water partition coefficient (Wildman–Crippen LogP) is 4.71. The lowest BCUT2D eigenvalue weighted by atomic mass is 9.86. The van der Waals surface area contributed by atoms with Gasteiger partial charge in [-0.25, -0.2) is 4.99 Å². The Morgan fingerprint density at radius 3 is 2.36 bits per heavy atom. The van der Waals surface area contributed by atoms with Gasteiger partial charge in [-0.1, -0.05) is 19.1 Å². The second kappa shape index (κ2) is 13.3. The summed E-state index contributed by atoms with van der Waals surface area (Å²) in [6.45, 7) is 12.6. The molecule has 0 aliphatic carbocycles. The fourth-order valence-corrected chi connectivity index (χ4v) is 5.86. The van der Waals surface area contributed by atoms with Crippen LogP contribution in [0.25, 0.3) is 0 Å². The number of likely N-dealkylation sites (tertiary alicyclic amines) is 1. The van der Waals surface area contributed by atoms with Crippen LogP contribution in [-0.4, -0.2) is 92.0 Å². The van der Waals surface area contributed by atoms with Crippen molar-refractivity contribution in [2.75, 3.05) is 53.5 Å². The van der Waals surface area contributed by atoms with Crippen LogP contribution in [0.1, 0.15) is 64.1 Å². The summed E-state index contributed by atoms with van der Waals surface area (Å²) in [7, 11) is 3.41. The number of halogens is 3. The summed E-state index contributed by atoms with van der Waals surface area (Å²) in [4.78, 5) is 24.4. The third-order valence-corrected chi connectivity index (χ3v) is 8.35. The third kappa shape index (κ3) is 7.41. The smallest absolute Gasteiger partial charge is 0.383 e. The standard InChI is InChI=1S/C29H44F3N5O2/c1-7-25(22(3)34-20-33-5)27(38)35-14-12-28(4,13-15-35)36-16-17-37(21(2)18-36)26(19-39-6)23-8-10-24(11-9-23)29(30,31)32/h8-11,20-21,26H,7,12-19H2,1-6H3,(H,33,34)/b25-22+/t21-,26-/m0/s1. The highest BCUT2D eigenvalue weighted by atomic mass is 19.4. The van der Waals surface area contributed by atoms with Crippen LogP contribution in [0.3, 0.4) is 0 Å². The number of allylic oxidation sites excluding steroid dienone is 1. The van der Waals surface area contributed by atoms with Crippen LogP contribution >= 0.6 is 0 Å². The second-order valence-corrected chi connectivity index (χ2v) is 10.9. The molecule has 2 aliphatic rings. The van der Waals surface area contributed by atoms with Crippen LogP contribution in [0.5, 0.6) is 0 Å². The number of nitrogens with zero attached hydrogens (tertiary/aromatic N) is 4. The number of piperazine rings is 1. The first-order valence-corrected chi connectivity index (χ1v) is 13.8. The van der Waals surface area contributed by atoms with Crippen LogP contribution in [0, 0.1) is 0 Å². The van der Waals surface area contributed by atoms with E-state index in [1.54, 1.807) is 32.6 Å². The first kappa shape index (κ1) is 31.1. The molecule has 0 unspecified atom stereocenters. The Kier molecular flexibility index (Phi) is 10.6. The number of piperidine rings is 1. The lowest BCUT2D eigenvalue weighted by molar-refractivity contribution is -0.137. The van der Waals surface area contributed by atoms with Crippen LogP contribution in [-0.2, 0) is 15.7 Å². The molecule has 0 saturated carbocycles. The minimum absolute atomic E-state index is 0.0162. The minimum Gasteiger partial charge on any atom is -0.383 e. The number of amides is 1. The van der Waals surface area contributed by atoms with Gasteiger partial charge in [0.1, 0.15) is 0 Å². The Morgan fingerprint density at radius 2 is 1.85 bits per heavy atom. The normalized spacial score (nSPS) is 22.6. The van der Waals surface area contributed by atoms with Crippen molar-refractivity contribution in [3.63, 3.8) is 0 Å². The Morgan fingerprint density at radius 1 is 1.21 bits per heavy atom. The second-order valence-electron chi connectivity index (χ2n) is 10.9. The number of nitrogens with one attached hydrogen (secondary N) is 1. The number of methoxy groups -OCH3 is 1. The number of carbonyl (C=O) groups is 1. The number of aliphatic imine (C=N–C) groups is 1. The van der Waals surface area contributed by atoms with E-state index in [1.165, 1.54) is 0 Å². The van der Waals surface area contributed by atoms with Gasteiger partial charge >= 0.3 is 6.18 Å². The average molecular weight is 552 g/mol. The molecule has 3 rings (SSSR count). The Labute approximate surface area is 231 Å². The number of alkyl halides is 3. The molecule has 0 spiro atoms. The molecule has 2 saturated heterocycles. The Hall–Kier alpha value is -2.43. The number of ether oxygens (including phenoxy) is 1. The summed E-state index contributed by atoms with van der Waals surface area (Å²) >= 11 is 0. The Bertz CT molecular complexity index is 1020. The molecule has 1 amide bonds. The van der Waals surface area contributed by atoms with Crippen LogP contribution in [0.15, 0.2) is 40.5 Å². The molecular weight excluding hydrogens is 507 g/mol.